The number of hydrogen-bond acceptors (Lipinski definition) is 6. The number of nitrogens with zero attached hydrogens (tertiary/aromatic N) is 4. The van der Waals surface area contributed by atoms with Crippen molar-refractivity contribution in [1.29, 1.82) is 5.26 Å². The van der Waals surface area contributed by atoms with Crippen LogP contribution in [0.15, 0.2) is 12.1 Å². The van der Waals surface area contributed by atoms with Crippen LogP contribution in [-0.4, -0.2) is 49.2 Å². The van der Waals surface area contributed by atoms with Gasteiger partial charge >= 0.3 is 5.69 Å². The van der Waals surface area contributed by atoms with E-state index in [-0.39, 0.29) is 16.5 Å². The second-order valence-electron chi connectivity index (χ2n) is 8.59. The van der Waals surface area contributed by atoms with Gasteiger partial charge in [0.25, 0.3) is 0 Å². The fourth-order valence-corrected chi connectivity index (χ4v) is 5.21. The minimum Gasteiger partial charge on any atom is -0.490 e. The molecule has 1 aliphatic carbocycles. The number of likely N-dealkylation sites (tertiary alicyclic amines) is 1. The molecule has 4 rings (SSSR count). The van der Waals surface area contributed by atoms with E-state index in [0.29, 0.717) is 17.2 Å². The zero-order chi connectivity index (χ0) is 19.9. The maximum absolute atomic E-state index is 11.3. The summed E-state index contributed by atoms with van der Waals surface area (Å²) in [6.07, 6.45) is 5.61. The van der Waals surface area contributed by atoms with Crippen LogP contribution in [0, 0.1) is 32.8 Å². The van der Waals surface area contributed by atoms with E-state index in [0.717, 1.165) is 43.9 Å². The van der Waals surface area contributed by atoms with Crippen molar-refractivity contribution in [1.82, 2.24) is 4.90 Å². The molecule has 150 valence electrons. The Morgan fingerprint density at radius 1 is 1.32 bits per heavy atom. The first-order valence-corrected chi connectivity index (χ1v) is 10.2. The van der Waals surface area contributed by atoms with Crippen LogP contribution in [0.3, 0.4) is 0 Å². The van der Waals surface area contributed by atoms with E-state index in [1.54, 1.807) is 6.07 Å². The summed E-state index contributed by atoms with van der Waals surface area (Å²) < 4.78 is 5.29. The molecule has 2 aliphatic heterocycles. The van der Waals surface area contributed by atoms with Gasteiger partial charge in [0, 0.05) is 50.0 Å². The third-order valence-corrected chi connectivity index (χ3v) is 7.07. The van der Waals surface area contributed by atoms with Gasteiger partial charge in [0.1, 0.15) is 0 Å². The first-order chi connectivity index (χ1) is 13.5. The minimum atomic E-state index is -0.367. The van der Waals surface area contributed by atoms with Crippen molar-refractivity contribution in [3.63, 3.8) is 0 Å². The molecule has 1 saturated carbocycles. The Labute approximate surface area is 166 Å². The maximum Gasteiger partial charge on any atom is 0.311 e. The molecule has 0 unspecified atom stereocenters. The van der Waals surface area contributed by atoms with Crippen LogP contribution < -0.4 is 9.64 Å². The van der Waals surface area contributed by atoms with Crippen LogP contribution in [0.5, 0.6) is 5.75 Å². The van der Waals surface area contributed by atoms with Crippen LogP contribution in [0.1, 0.15) is 38.2 Å². The molecule has 0 bridgehead atoms. The standard InChI is InChI=1S/C21H28N4O3/c1-3-16-8-19(25(26)27)20(28-2)9-18(16)23-6-4-21(5-7-23)10-17(11-21)24-13-15(12-22)14-24/h8-9,15,17H,3-7,10-11,13-14H2,1-2H3. The lowest BCUT2D eigenvalue weighted by Gasteiger charge is -2.58. The van der Waals surface area contributed by atoms with Gasteiger partial charge in [0.15, 0.2) is 5.75 Å². The number of nitriles is 1. The normalized spacial score (nSPS) is 22.4. The van der Waals surface area contributed by atoms with Crippen LogP contribution in [-0.2, 0) is 6.42 Å². The number of anilines is 1. The van der Waals surface area contributed by atoms with E-state index in [2.05, 4.69) is 15.9 Å². The molecule has 1 aromatic rings. The highest BCUT2D eigenvalue weighted by atomic mass is 16.6. The van der Waals surface area contributed by atoms with Gasteiger partial charge in [-0.3, -0.25) is 15.0 Å². The lowest BCUT2D eigenvalue weighted by atomic mass is 9.59. The Bertz CT molecular complexity index is 797. The Morgan fingerprint density at radius 2 is 2.00 bits per heavy atom. The summed E-state index contributed by atoms with van der Waals surface area (Å²) in [6, 6.07) is 6.55. The Morgan fingerprint density at radius 3 is 2.54 bits per heavy atom. The number of rotatable bonds is 5. The fraction of sp³-hybridized carbons (Fsp3) is 0.667. The molecular formula is C21H28N4O3. The van der Waals surface area contributed by atoms with E-state index in [4.69, 9.17) is 10.00 Å². The predicted molar refractivity (Wildman–Crippen MR) is 107 cm³/mol. The van der Waals surface area contributed by atoms with Crippen molar-refractivity contribution < 1.29 is 9.66 Å². The molecule has 2 heterocycles. The smallest absolute Gasteiger partial charge is 0.311 e. The lowest BCUT2D eigenvalue weighted by molar-refractivity contribution is -0.385. The van der Waals surface area contributed by atoms with Gasteiger partial charge in [-0.05, 0) is 43.1 Å². The monoisotopic (exact) mass is 384 g/mol. The van der Waals surface area contributed by atoms with Crippen LogP contribution in [0.4, 0.5) is 11.4 Å². The number of nitro groups is 1. The van der Waals surface area contributed by atoms with E-state index < -0.39 is 0 Å². The summed E-state index contributed by atoms with van der Waals surface area (Å²) in [4.78, 5) is 15.8. The van der Waals surface area contributed by atoms with Gasteiger partial charge in [0.2, 0.25) is 0 Å². The number of methoxy groups -OCH3 is 1. The topological polar surface area (TPSA) is 82.6 Å². The average Bonchev–Trinajstić information content (AvgIpc) is 2.65. The van der Waals surface area contributed by atoms with Gasteiger partial charge in [-0.1, -0.05) is 6.92 Å². The van der Waals surface area contributed by atoms with E-state index in [1.807, 2.05) is 13.0 Å². The predicted octanol–water partition coefficient (Wildman–Crippen LogP) is 3.37. The number of aryl methyl sites for hydroxylation is 1. The third-order valence-electron chi connectivity index (χ3n) is 7.07. The highest BCUT2D eigenvalue weighted by Gasteiger charge is 2.50. The molecule has 0 radical (unpaired) electrons. The zero-order valence-electron chi connectivity index (χ0n) is 16.7. The molecule has 1 aromatic carbocycles. The van der Waals surface area contributed by atoms with Gasteiger partial charge in [0.05, 0.1) is 24.0 Å². The number of ether oxygens (including phenoxy) is 1. The molecule has 1 spiro atoms. The van der Waals surface area contributed by atoms with E-state index >= 15 is 0 Å². The lowest BCUT2D eigenvalue weighted by Crippen LogP contribution is -2.60. The second kappa shape index (κ2) is 7.25. The molecule has 3 fully saturated rings. The third kappa shape index (κ3) is 3.20. The molecule has 0 amide bonds. The fourth-order valence-electron chi connectivity index (χ4n) is 5.21. The van der Waals surface area contributed by atoms with Crippen LogP contribution >= 0.6 is 0 Å². The number of nitro benzene ring substituents is 1. The van der Waals surface area contributed by atoms with Crippen molar-refractivity contribution in [2.45, 2.75) is 45.1 Å². The molecule has 0 N–H and O–H groups in total. The van der Waals surface area contributed by atoms with Gasteiger partial charge in [-0.2, -0.15) is 5.26 Å². The Balaban J connectivity index is 1.40. The van der Waals surface area contributed by atoms with Gasteiger partial charge in [-0.25, -0.2) is 0 Å². The largest absolute Gasteiger partial charge is 0.490 e. The summed E-state index contributed by atoms with van der Waals surface area (Å²) in [6.45, 7) is 5.92. The number of piperidine rings is 1. The van der Waals surface area contributed by atoms with Gasteiger partial charge in [-0.15, -0.1) is 0 Å². The van der Waals surface area contributed by atoms with Crippen molar-refractivity contribution in [3.05, 3.63) is 27.8 Å². The van der Waals surface area contributed by atoms with Crippen molar-refractivity contribution in [2.24, 2.45) is 11.3 Å². The summed E-state index contributed by atoms with van der Waals surface area (Å²) in [5.74, 6) is 0.578. The quantitative estimate of drug-likeness (QED) is 0.572. The molecular weight excluding hydrogens is 356 g/mol. The molecule has 0 aromatic heterocycles. The summed E-state index contributed by atoms with van der Waals surface area (Å²) in [5, 5.41) is 20.3. The molecule has 3 aliphatic rings. The zero-order valence-corrected chi connectivity index (χ0v) is 16.7. The highest BCUT2D eigenvalue weighted by molar-refractivity contribution is 5.64. The average molecular weight is 384 g/mol. The highest BCUT2D eigenvalue weighted by Crippen LogP contribution is 2.52. The SMILES string of the molecule is CCc1cc([N+](=O)[O-])c(OC)cc1N1CCC2(CC1)CC(N1CC(C#N)C1)C2. The van der Waals surface area contributed by atoms with Crippen LogP contribution in [0.25, 0.3) is 0 Å². The molecule has 7 heteroatoms. The van der Waals surface area contributed by atoms with Crippen molar-refractivity contribution >= 4 is 11.4 Å². The van der Waals surface area contributed by atoms with Crippen molar-refractivity contribution in [3.8, 4) is 11.8 Å². The summed E-state index contributed by atoms with van der Waals surface area (Å²) in [5.41, 5.74) is 2.59. The first kappa shape index (κ1) is 19.0. The number of hydrogen-bond donors (Lipinski definition) is 0. The first-order valence-electron chi connectivity index (χ1n) is 10.2. The summed E-state index contributed by atoms with van der Waals surface area (Å²) in [7, 11) is 1.49. The number of benzene rings is 1. The van der Waals surface area contributed by atoms with Crippen LogP contribution in [0.2, 0.25) is 0 Å². The van der Waals surface area contributed by atoms with E-state index in [9.17, 15) is 10.1 Å². The molecule has 2 saturated heterocycles. The minimum absolute atomic E-state index is 0.0450. The maximum atomic E-state index is 11.3. The molecule has 7 nitrogen and oxygen atoms in total. The molecule has 28 heavy (non-hydrogen) atoms. The Hall–Kier alpha value is -2.33. The summed E-state index contributed by atoms with van der Waals surface area (Å²) >= 11 is 0. The van der Waals surface area contributed by atoms with Gasteiger partial charge < -0.3 is 9.64 Å². The Kier molecular flexibility index (Phi) is 4.92. The second-order valence-corrected chi connectivity index (χ2v) is 8.59. The van der Waals surface area contributed by atoms with Crippen molar-refractivity contribution in [2.75, 3.05) is 38.2 Å². The van der Waals surface area contributed by atoms with E-state index in [1.165, 1.54) is 32.8 Å². The molecule has 0 atom stereocenters.